The zero-order valence-corrected chi connectivity index (χ0v) is 21.7. The molecular weight excluding hydrogens is 490 g/mol. The number of carbonyl (C=O) groups excluding carboxylic acids is 3. The molecule has 0 spiro atoms. The van der Waals surface area contributed by atoms with Gasteiger partial charge in [0.2, 0.25) is 17.7 Å². The molecule has 1 rings (SSSR count). The van der Waals surface area contributed by atoms with Gasteiger partial charge in [0.1, 0.15) is 18.1 Å². The number of carboxylic acids is 1. The Kier molecular flexibility index (Phi) is 15.1. The molecule has 1 aromatic rings. The fraction of sp³-hybridized carbons (Fsp3) is 0.565. The summed E-state index contributed by atoms with van der Waals surface area (Å²) in [6, 6.07) is 5.30. The first-order chi connectivity index (χ1) is 16.7. The number of hydrogen-bond acceptors (Lipinski definition) is 8. The molecule has 10 nitrogen and oxygen atoms in total. The number of aliphatic carboxylic acids is 1. The van der Waals surface area contributed by atoms with E-state index in [2.05, 4.69) is 28.6 Å². The molecule has 0 aliphatic carbocycles. The van der Waals surface area contributed by atoms with Crippen LogP contribution in [0.4, 0.5) is 0 Å². The van der Waals surface area contributed by atoms with Gasteiger partial charge in [-0.2, -0.15) is 24.4 Å². The van der Waals surface area contributed by atoms with Gasteiger partial charge in [0.25, 0.3) is 0 Å². The van der Waals surface area contributed by atoms with Crippen molar-refractivity contribution in [3.05, 3.63) is 35.9 Å². The van der Waals surface area contributed by atoms with Crippen molar-refractivity contribution in [3.8, 4) is 0 Å². The van der Waals surface area contributed by atoms with Gasteiger partial charge in [-0.05, 0) is 56.2 Å². The van der Waals surface area contributed by atoms with Crippen molar-refractivity contribution in [2.45, 2.75) is 56.3 Å². The lowest BCUT2D eigenvalue weighted by molar-refractivity contribution is -0.142. The average Bonchev–Trinajstić information content (AvgIpc) is 2.84. The Balaban J connectivity index is 2.81. The number of thioether (sulfide) groups is 1. The van der Waals surface area contributed by atoms with Crippen LogP contribution in [0.1, 0.15) is 31.2 Å². The molecule has 0 fully saturated rings. The van der Waals surface area contributed by atoms with Gasteiger partial charge >= 0.3 is 5.97 Å². The summed E-state index contributed by atoms with van der Waals surface area (Å²) in [4.78, 5) is 49.8. The van der Waals surface area contributed by atoms with E-state index in [1.54, 1.807) is 0 Å². The molecule has 12 heteroatoms. The third-order valence-corrected chi connectivity index (χ3v) is 6.27. The maximum Gasteiger partial charge on any atom is 0.326 e. The Morgan fingerprint density at radius 3 is 2.11 bits per heavy atom. The molecule has 0 radical (unpaired) electrons. The summed E-state index contributed by atoms with van der Waals surface area (Å²) >= 11 is 5.63. The molecule has 0 aromatic heterocycles. The van der Waals surface area contributed by atoms with E-state index in [9.17, 15) is 24.3 Å². The van der Waals surface area contributed by atoms with Crippen LogP contribution in [0.15, 0.2) is 30.3 Å². The molecule has 0 heterocycles. The second kappa shape index (κ2) is 17.2. The number of unbranched alkanes of at least 4 members (excludes halogenated alkanes) is 1. The van der Waals surface area contributed by atoms with E-state index >= 15 is 0 Å². The quantitative estimate of drug-likeness (QED) is 0.109. The van der Waals surface area contributed by atoms with Crippen molar-refractivity contribution >= 4 is 48.1 Å². The molecular formula is C23H37N5O5S2. The number of nitrogens with two attached hydrogens (primary N) is 2. The van der Waals surface area contributed by atoms with E-state index in [-0.39, 0.29) is 18.6 Å². The number of thiol groups is 1. The highest BCUT2D eigenvalue weighted by molar-refractivity contribution is 7.98. The Morgan fingerprint density at radius 2 is 1.54 bits per heavy atom. The number of amides is 3. The normalized spacial score (nSPS) is 14.3. The predicted octanol–water partition coefficient (Wildman–Crippen LogP) is -0.0927. The van der Waals surface area contributed by atoms with Gasteiger partial charge in [-0.15, -0.1) is 0 Å². The molecule has 0 saturated heterocycles. The summed E-state index contributed by atoms with van der Waals surface area (Å²) in [5.74, 6) is -2.34. The number of rotatable bonds is 17. The minimum atomic E-state index is -1.15. The van der Waals surface area contributed by atoms with Crippen LogP contribution >= 0.6 is 24.4 Å². The van der Waals surface area contributed by atoms with Gasteiger partial charge < -0.3 is 32.5 Å². The Morgan fingerprint density at radius 1 is 0.943 bits per heavy atom. The van der Waals surface area contributed by atoms with E-state index in [0.29, 0.717) is 31.6 Å². The molecule has 4 atom stereocenters. The van der Waals surface area contributed by atoms with Gasteiger partial charge in [0, 0.05) is 5.75 Å². The fourth-order valence-electron chi connectivity index (χ4n) is 3.23. The molecule has 35 heavy (non-hydrogen) atoms. The maximum atomic E-state index is 12.9. The topological polar surface area (TPSA) is 177 Å². The predicted molar refractivity (Wildman–Crippen MR) is 141 cm³/mol. The van der Waals surface area contributed by atoms with Crippen molar-refractivity contribution in [2.24, 2.45) is 11.5 Å². The van der Waals surface area contributed by atoms with Crippen LogP contribution in [-0.2, 0) is 25.6 Å². The average molecular weight is 528 g/mol. The maximum absolute atomic E-state index is 12.9. The minimum Gasteiger partial charge on any atom is -0.480 e. The van der Waals surface area contributed by atoms with Crippen LogP contribution in [0.2, 0.25) is 0 Å². The fourth-order valence-corrected chi connectivity index (χ4v) is 3.96. The van der Waals surface area contributed by atoms with Crippen molar-refractivity contribution in [1.82, 2.24) is 16.0 Å². The van der Waals surface area contributed by atoms with Crippen molar-refractivity contribution in [3.63, 3.8) is 0 Å². The standard InChI is InChI=1S/C23H37N5O5S2/c1-35-12-10-18(23(32)33)27-21(30)17(9-5-6-11-24)26-22(31)19(14-34)28-20(29)16(25)13-15-7-3-2-4-8-15/h2-4,7-8,16-19,34H,5-6,9-14,24-25H2,1H3,(H,26,31)(H,27,30)(H,28,29)(H,32,33). The first kappa shape index (κ1) is 30.8. The summed E-state index contributed by atoms with van der Waals surface area (Å²) in [5.41, 5.74) is 12.4. The van der Waals surface area contributed by atoms with Crippen LogP contribution in [0.5, 0.6) is 0 Å². The summed E-state index contributed by atoms with van der Waals surface area (Å²) in [6.07, 6.45) is 3.84. The van der Waals surface area contributed by atoms with Gasteiger partial charge in [-0.25, -0.2) is 4.79 Å². The number of hydrogen-bond donors (Lipinski definition) is 7. The van der Waals surface area contributed by atoms with Crippen LogP contribution in [0.25, 0.3) is 0 Å². The first-order valence-electron chi connectivity index (χ1n) is 11.5. The Labute approximate surface area is 216 Å². The lowest BCUT2D eigenvalue weighted by atomic mass is 10.1. The van der Waals surface area contributed by atoms with Crippen LogP contribution in [-0.4, -0.2) is 77.3 Å². The van der Waals surface area contributed by atoms with Crippen LogP contribution in [0.3, 0.4) is 0 Å². The highest BCUT2D eigenvalue weighted by Gasteiger charge is 2.29. The highest BCUT2D eigenvalue weighted by Crippen LogP contribution is 2.07. The molecule has 0 aliphatic rings. The van der Waals surface area contributed by atoms with Crippen molar-refractivity contribution in [1.29, 1.82) is 0 Å². The molecule has 0 aliphatic heterocycles. The van der Waals surface area contributed by atoms with E-state index in [1.165, 1.54) is 11.8 Å². The van der Waals surface area contributed by atoms with Crippen molar-refractivity contribution < 1.29 is 24.3 Å². The first-order valence-corrected chi connectivity index (χ1v) is 13.5. The van der Waals surface area contributed by atoms with Gasteiger partial charge in [0.05, 0.1) is 6.04 Å². The summed E-state index contributed by atoms with van der Waals surface area (Å²) in [5, 5.41) is 17.1. The van der Waals surface area contributed by atoms with Crippen LogP contribution in [0, 0.1) is 0 Å². The van der Waals surface area contributed by atoms with Gasteiger partial charge in [-0.1, -0.05) is 30.3 Å². The van der Waals surface area contributed by atoms with Crippen molar-refractivity contribution in [2.75, 3.05) is 24.3 Å². The Hall–Kier alpha value is -2.28. The zero-order chi connectivity index (χ0) is 26.2. The number of benzene rings is 1. The van der Waals surface area contributed by atoms with Crippen LogP contribution < -0.4 is 27.4 Å². The second-order valence-electron chi connectivity index (χ2n) is 8.07. The van der Waals surface area contributed by atoms with E-state index in [0.717, 1.165) is 5.56 Å². The molecule has 3 amide bonds. The molecule has 196 valence electrons. The lowest BCUT2D eigenvalue weighted by Gasteiger charge is -2.24. The van der Waals surface area contributed by atoms with E-state index in [1.807, 2.05) is 36.6 Å². The smallest absolute Gasteiger partial charge is 0.326 e. The number of carboxylic acid groups (broad SMARTS) is 1. The molecule has 8 N–H and O–H groups in total. The number of nitrogens with one attached hydrogen (secondary N) is 3. The largest absolute Gasteiger partial charge is 0.480 e. The van der Waals surface area contributed by atoms with Gasteiger partial charge in [-0.3, -0.25) is 14.4 Å². The second-order valence-corrected chi connectivity index (χ2v) is 9.42. The minimum absolute atomic E-state index is 0.0156. The molecule has 1 aromatic carbocycles. The molecule has 0 bridgehead atoms. The van der Waals surface area contributed by atoms with E-state index in [4.69, 9.17) is 11.5 Å². The summed E-state index contributed by atoms with van der Waals surface area (Å²) in [6.45, 7) is 0.419. The SMILES string of the molecule is CSCCC(NC(=O)C(CCCCN)NC(=O)C(CS)NC(=O)C(N)Cc1ccccc1)C(=O)O. The monoisotopic (exact) mass is 527 g/mol. The lowest BCUT2D eigenvalue weighted by Crippen LogP contribution is -2.57. The highest BCUT2D eigenvalue weighted by atomic mass is 32.2. The summed E-state index contributed by atoms with van der Waals surface area (Å²) in [7, 11) is 0. The third kappa shape index (κ3) is 11.8. The molecule has 4 unspecified atom stereocenters. The van der Waals surface area contributed by atoms with E-state index < -0.39 is 47.9 Å². The molecule has 0 saturated carbocycles. The zero-order valence-electron chi connectivity index (χ0n) is 19.9. The third-order valence-electron chi connectivity index (χ3n) is 5.26. The summed E-state index contributed by atoms with van der Waals surface area (Å²) < 4.78 is 0. The van der Waals surface area contributed by atoms with Gasteiger partial charge in [0.15, 0.2) is 0 Å². The Bertz CT molecular complexity index is 815. The number of carbonyl (C=O) groups is 4.